The van der Waals surface area contributed by atoms with Gasteiger partial charge in [0.2, 0.25) is 0 Å². The van der Waals surface area contributed by atoms with Gasteiger partial charge in [-0.1, -0.05) is 0 Å². The minimum Gasteiger partial charge on any atom is -0.449 e. The second kappa shape index (κ2) is 6.72. The van der Waals surface area contributed by atoms with Crippen LogP contribution in [0.4, 0.5) is 0 Å². The third kappa shape index (κ3) is 3.28. The summed E-state index contributed by atoms with van der Waals surface area (Å²) in [6, 6.07) is 5.33. The van der Waals surface area contributed by atoms with Crippen molar-refractivity contribution in [3.8, 4) is 0 Å². The Morgan fingerprint density at radius 1 is 1.31 bits per heavy atom. The molecule has 1 aliphatic heterocycles. The van der Waals surface area contributed by atoms with E-state index in [1.54, 1.807) is 35.4 Å². The number of pyridine rings is 1. The maximum Gasteiger partial charge on any atom is 0.287 e. The standard InChI is InChI=1S/C21H23N5O3/c1-25-7-3-16(24-25)20(28)26-8-4-21(5-9-26)11-15(21)12-23-19(27)17-10-14-2-6-22-13-18(14)29-17/h2-3,6-7,10,13,15H,4-5,8-9,11-12H2,1H3,(H,23,27). The number of carbonyl (C=O) groups is 2. The van der Waals surface area contributed by atoms with Gasteiger partial charge in [0.05, 0.1) is 6.20 Å². The van der Waals surface area contributed by atoms with E-state index in [-0.39, 0.29) is 17.2 Å². The maximum absolute atomic E-state index is 12.6. The zero-order chi connectivity index (χ0) is 20.0. The molecule has 2 fully saturated rings. The van der Waals surface area contributed by atoms with Gasteiger partial charge in [-0.15, -0.1) is 0 Å². The van der Waals surface area contributed by atoms with Gasteiger partial charge in [0, 0.05) is 44.5 Å². The van der Waals surface area contributed by atoms with Crippen molar-refractivity contribution in [2.45, 2.75) is 19.3 Å². The fourth-order valence-corrected chi connectivity index (χ4v) is 4.48. The van der Waals surface area contributed by atoms with E-state index in [0.717, 1.165) is 37.7 Å². The molecule has 150 valence electrons. The molecule has 1 atom stereocenters. The van der Waals surface area contributed by atoms with E-state index < -0.39 is 0 Å². The topological polar surface area (TPSA) is 93.3 Å². The normalized spacial score (nSPS) is 20.2. The molecule has 0 bridgehead atoms. The zero-order valence-electron chi connectivity index (χ0n) is 16.3. The molecule has 2 amide bonds. The van der Waals surface area contributed by atoms with E-state index in [4.69, 9.17) is 4.42 Å². The summed E-state index contributed by atoms with van der Waals surface area (Å²) < 4.78 is 7.23. The smallest absolute Gasteiger partial charge is 0.287 e. The summed E-state index contributed by atoms with van der Waals surface area (Å²) in [4.78, 5) is 30.9. The summed E-state index contributed by atoms with van der Waals surface area (Å²) in [7, 11) is 1.81. The number of hydrogen-bond acceptors (Lipinski definition) is 5. The molecule has 29 heavy (non-hydrogen) atoms. The highest BCUT2D eigenvalue weighted by atomic mass is 16.3. The third-order valence-corrected chi connectivity index (χ3v) is 6.39. The molecule has 4 heterocycles. The minimum atomic E-state index is -0.189. The van der Waals surface area contributed by atoms with E-state index in [0.29, 0.717) is 29.5 Å². The number of aromatic nitrogens is 3. The van der Waals surface area contributed by atoms with Gasteiger partial charge in [-0.05, 0) is 48.8 Å². The number of aryl methyl sites for hydroxylation is 1. The Labute approximate surface area is 167 Å². The third-order valence-electron chi connectivity index (χ3n) is 6.39. The van der Waals surface area contributed by atoms with Crippen LogP contribution >= 0.6 is 0 Å². The highest BCUT2D eigenvalue weighted by Crippen LogP contribution is 2.59. The van der Waals surface area contributed by atoms with E-state index in [1.165, 1.54) is 0 Å². The monoisotopic (exact) mass is 393 g/mol. The summed E-state index contributed by atoms with van der Waals surface area (Å²) in [5.74, 6) is 0.597. The van der Waals surface area contributed by atoms with E-state index in [9.17, 15) is 9.59 Å². The van der Waals surface area contributed by atoms with Crippen molar-refractivity contribution in [2.24, 2.45) is 18.4 Å². The van der Waals surface area contributed by atoms with Crippen LogP contribution in [0.1, 0.15) is 40.3 Å². The highest BCUT2D eigenvalue weighted by molar-refractivity contribution is 5.96. The van der Waals surface area contributed by atoms with Gasteiger partial charge < -0.3 is 14.6 Å². The Bertz CT molecular complexity index is 1040. The van der Waals surface area contributed by atoms with Gasteiger partial charge in [0.15, 0.2) is 11.3 Å². The first kappa shape index (κ1) is 17.9. The van der Waals surface area contributed by atoms with Crippen molar-refractivity contribution in [3.63, 3.8) is 0 Å². The molecule has 3 aromatic rings. The SMILES string of the molecule is Cn1ccc(C(=O)N2CCC3(CC2)CC3CNC(=O)c2cc3ccncc3o2)n1. The Hall–Kier alpha value is -3.16. The van der Waals surface area contributed by atoms with Crippen molar-refractivity contribution in [2.75, 3.05) is 19.6 Å². The number of nitrogens with zero attached hydrogens (tertiary/aromatic N) is 4. The summed E-state index contributed by atoms with van der Waals surface area (Å²) in [5.41, 5.74) is 1.38. The first-order valence-corrected chi connectivity index (χ1v) is 9.95. The molecule has 5 rings (SSSR count). The lowest BCUT2D eigenvalue weighted by Crippen LogP contribution is -2.40. The average Bonchev–Trinajstić information content (AvgIpc) is 3.08. The first-order valence-electron chi connectivity index (χ1n) is 9.95. The highest BCUT2D eigenvalue weighted by Gasteiger charge is 2.54. The predicted octanol–water partition coefficient (Wildman–Crippen LogP) is 2.23. The van der Waals surface area contributed by atoms with Crippen molar-refractivity contribution in [1.82, 2.24) is 25.0 Å². The van der Waals surface area contributed by atoms with Crippen molar-refractivity contribution >= 4 is 22.8 Å². The number of nitrogens with one attached hydrogen (secondary N) is 1. The molecule has 0 aromatic carbocycles. The quantitative estimate of drug-likeness (QED) is 0.734. The van der Waals surface area contributed by atoms with E-state index in [1.807, 2.05) is 18.0 Å². The Morgan fingerprint density at radius 3 is 2.86 bits per heavy atom. The number of amides is 2. The van der Waals surface area contributed by atoms with Gasteiger partial charge in [-0.3, -0.25) is 19.3 Å². The van der Waals surface area contributed by atoms with Crippen LogP contribution in [0, 0.1) is 11.3 Å². The van der Waals surface area contributed by atoms with Gasteiger partial charge >= 0.3 is 0 Å². The second-order valence-corrected chi connectivity index (χ2v) is 8.16. The van der Waals surface area contributed by atoms with Crippen molar-refractivity contribution in [1.29, 1.82) is 0 Å². The summed E-state index contributed by atoms with van der Waals surface area (Å²) in [5, 5.41) is 8.09. The van der Waals surface area contributed by atoms with E-state index in [2.05, 4.69) is 15.4 Å². The largest absolute Gasteiger partial charge is 0.449 e. The van der Waals surface area contributed by atoms with Crippen LogP contribution in [-0.2, 0) is 7.05 Å². The van der Waals surface area contributed by atoms with E-state index >= 15 is 0 Å². The molecule has 1 saturated carbocycles. The maximum atomic E-state index is 12.6. The lowest BCUT2D eigenvalue weighted by Gasteiger charge is -2.32. The van der Waals surface area contributed by atoms with Gasteiger partial charge in [0.1, 0.15) is 5.69 Å². The number of fused-ring (bicyclic) bond motifs is 1. The molecule has 1 saturated heterocycles. The molecular formula is C21H23N5O3. The fraction of sp³-hybridized carbons (Fsp3) is 0.429. The predicted molar refractivity (Wildman–Crippen MR) is 105 cm³/mol. The Morgan fingerprint density at radius 2 is 2.14 bits per heavy atom. The molecule has 2 aliphatic rings. The second-order valence-electron chi connectivity index (χ2n) is 8.16. The van der Waals surface area contributed by atoms with Crippen LogP contribution < -0.4 is 5.32 Å². The van der Waals surface area contributed by atoms with Gasteiger partial charge in [-0.2, -0.15) is 5.10 Å². The lowest BCUT2D eigenvalue weighted by molar-refractivity contribution is 0.0662. The lowest BCUT2D eigenvalue weighted by atomic mass is 9.90. The summed E-state index contributed by atoms with van der Waals surface area (Å²) >= 11 is 0. The molecule has 3 aromatic heterocycles. The molecule has 8 nitrogen and oxygen atoms in total. The fourth-order valence-electron chi connectivity index (χ4n) is 4.48. The molecule has 1 aliphatic carbocycles. The number of rotatable bonds is 4. The molecule has 8 heteroatoms. The number of carbonyl (C=O) groups excluding carboxylic acids is 2. The number of likely N-dealkylation sites (tertiary alicyclic amines) is 1. The average molecular weight is 393 g/mol. The van der Waals surface area contributed by atoms with Crippen molar-refractivity contribution < 1.29 is 14.0 Å². The van der Waals surface area contributed by atoms with Crippen LogP contribution in [0.3, 0.4) is 0 Å². The first-order chi connectivity index (χ1) is 14.0. The summed E-state index contributed by atoms with van der Waals surface area (Å²) in [6.07, 6.45) is 8.13. The molecule has 1 N–H and O–H groups in total. The summed E-state index contributed by atoms with van der Waals surface area (Å²) in [6.45, 7) is 2.13. The van der Waals surface area contributed by atoms with Crippen LogP contribution in [-0.4, -0.2) is 51.1 Å². The molecule has 1 spiro atoms. The Kier molecular flexibility index (Phi) is 4.15. The molecular weight excluding hydrogens is 370 g/mol. The number of furan rings is 1. The van der Waals surface area contributed by atoms with Crippen molar-refractivity contribution in [3.05, 3.63) is 48.2 Å². The van der Waals surface area contributed by atoms with Crippen LogP contribution in [0.5, 0.6) is 0 Å². The Balaban J connectivity index is 1.13. The van der Waals surface area contributed by atoms with Gasteiger partial charge in [-0.25, -0.2) is 0 Å². The minimum absolute atomic E-state index is 0.00493. The molecule has 1 unspecified atom stereocenters. The molecule has 0 radical (unpaired) electrons. The van der Waals surface area contributed by atoms with Crippen LogP contribution in [0.2, 0.25) is 0 Å². The zero-order valence-corrected chi connectivity index (χ0v) is 16.3. The number of piperidine rings is 1. The van der Waals surface area contributed by atoms with Gasteiger partial charge in [0.25, 0.3) is 11.8 Å². The van der Waals surface area contributed by atoms with Crippen LogP contribution in [0.15, 0.2) is 41.2 Å². The van der Waals surface area contributed by atoms with Crippen LogP contribution in [0.25, 0.3) is 11.0 Å². The number of hydrogen-bond donors (Lipinski definition) is 1.